The number of amides is 1. The van der Waals surface area contributed by atoms with E-state index in [9.17, 15) is 9.90 Å². The third-order valence-electron chi connectivity index (χ3n) is 4.57. The fraction of sp³-hybridized carbons (Fsp3) is 0.0909. The van der Waals surface area contributed by atoms with E-state index in [4.69, 9.17) is 0 Å². The van der Waals surface area contributed by atoms with Gasteiger partial charge in [-0.15, -0.1) is 0 Å². The van der Waals surface area contributed by atoms with Crippen LogP contribution in [0.5, 0.6) is 5.75 Å². The number of fused-ring (bicyclic) bond motifs is 1. The van der Waals surface area contributed by atoms with Gasteiger partial charge in [0.25, 0.3) is 5.91 Å². The second kappa shape index (κ2) is 6.96. The summed E-state index contributed by atoms with van der Waals surface area (Å²) in [6.45, 7) is 1.78. The third-order valence-corrected chi connectivity index (χ3v) is 4.57. The van der Waals surface area contributed by atoms with Crippen molar-refractivity contribution < 1.29 is 9.90 Å². The molecule has 1 aliphatic heterocycles. The van der Waals surface area contributed by atoms with E-state index >= 15 is 0 Å². The van der Waals surface area contributed by atoms with Crippen molar-refractivity contribution in [2.24, 2.45) is 5.10 Å². The molecule has 3 aromatic carbocycles. The highest BCUT2D eigenvalue weighted by molar-refractivity contribution is 6.05. The summed E-state index contributed by atoms with van der Waals surface area (Å²) in [5.74, 6) is -0.0548. The van der Waals surface area contributed by atoms with Crippen molar-refractivity contribution >= 4 is 17.3 Å². The molecule has 4 rings (SSSR count). The van der Waals surface area contributed by atoms with Crippen LogP contribution in [0.25, 0.3) is 0 Å². The standard InChI is InChI=1S/C22H19N3O2/c1-15(17-11-6-8-14-20(17)26)24-25-21(16-9-3-2-4-10-16)23-19-13-7-5-12-18(19)22(25)27/h2-14,21,23,26H,1H3/b24-15+/t21-/m0/s1. The smallest absolute Gasteiger partial charge is 0.278 e. The Labute approximate surface area is 157 Å². The van der Waals surface area contributed by atoms with Gasteiger partial charge in [0, 0.05) is 11.3 Å². The van der Waals surface area contributed by atoms with Crippen molar-refractivity contribution in [3.05, 3.63) is 95.6 Å². The van der Waals surface area contributed by atoms with Gasteiger partial charge in [0.05, 0.1) is 11.3 Å². The summed E-state index contributed by atoms with van der Waals surface area (Å²) < 4.78 is 0. The third kappa shape index (κ3) is 3.15. The molecule has 0 unspecified atom stereocenters. The first-order valence-electron chi connectivity index (χ1n) is 8.73. The molecule has 0 bridgehead atoms. The molecule has 1 amide bonds. The van der Waals surface area contributed by atoms with Crippen molar-refractivity contribution in [3.8, 4) is 5.75 Å². The van der Waals surface area contributed by atoms with E-state index < -0.39 is 6.17 Å². The number of hydrogen-bond acceptors (Lipinski definition) is 4. The molecular formula is C22H19N3O2. The van der Waals surface area contributed by atoms with E-state index in [1.54, 1.807) is 31.2 Å². The Morgan fingerprint density at radius 3 is 2.41 bits per heavy atom. The number of benzene rings is 3. The molecule has 1 aliphatic rings. The van der Waals surface area contributed by atoms with E-state index in [1.165, 1.54) is 5.01 Å². The quantitative estimate of drug-likeness (QED) is 0.684. The number of nitrogens with one attached hydrogen (secondary N) is 1. The van der Waals surface area contributed by atoms with Crippen LogP contribution >= 0.6 is 0 Å². The van der Waals surface area contributed by atoms with Gasteiger partial charge in [-0.1, -0.05) is 54.6 Å². The number of carbonyl (C=O) groups excluding carboxylic acids is 1. The Morgan fingerprint density at radius 1 is 0.963 bits per heavy atom. The molecule has 0 fully saturated rings. The zero-order valence-corrected chi connectivity index (χ0v) is 14.8. The van der Waals surface area contributed by atoms with Crippen LogP contribution in [0.4, 0.5) is 5.69 Å². The van der Waals surface area contributed by atoms with Crippen molar-refractivity contribution in [1.82, 2.24) is 5.01 Å². The maximum absolute atomic E-state index is 13.2. The van der Waals surface area contributed by atoms with Gasteiger partial charge in [0.2, 0.25) is 0 Å². The van der Waals surface area contributed by atoms with E-state index in [2.05, 4.69) is 10.4 Å². The van der Waals surface area contributed by atoms with Crippen molar-refractivity contribution in [1.29, 1.82) is 0 Å². The van der Waals surface area contributed by atoms with Crippen LogP contribution in [0.3, 0.4) is 0 Å². The Morgan fingerprint density at radius 2 is 1.63 bits per heavy atom. The Balaban J connectivity index is 1.81. The second-order valence-corrected chi connectivity index (χ2v) is 6.36. The monoisotopic (exact) mass is 357 g/mol. The van der Waals surface area contributed by atoms with Crippen molar-refractivity contribution in [2.45, 2.75) is 13.1 Å². The number of hydrazone groups is 1. The van der Waals surface area contributed by atoms with Crippen LogP contribution in [0.2, 0.25) is 0 Å². The minimum absolute atomic E-state index is 0.132. The number of nitrogens with zero attached hydrogens (tertiary/aromatic N) is 2. The van der Waals surface area contributed by atoms with Gasteiger partial charge in [-0.05, 0) is 36.8 Å². The number of carbonyl (C=O) groups is 1. The fourth-order valence-corrected chi connectivity index (χ4v) is 3.20. The lowest BCUT2D eigenvalue weighted by molar-refractivity contribution is 0.0689. The topological polar surface area (TPSA) is 64.9 Å². The largest absolute Gasteiger partial charge is 0.507 e. The maximum atomic E-state index is 13.2. The van der Waals surface area contributed by atoms with E-state index in [0.717, 1.165) is 11.3 Å². The minimum atomic E-state index is -0.436. The number of phenols is 1. The van der Waals surface area contributed by atoms with Gasteiger partial charge >= 0.3 is 0 Å². The molecule has 1 heterocycles. The van der Waals surface area contributed by atoms with E-state index in [-0.39, 0.29) is 11.7 Å². The summed E-state index contributed by atoms with van der Waals surface area (Å²) in [6.07, 6.45) is -0.436. The zero-order chi connectivity index (χ0) is 18.8. The molecule has 134 valence electrons. The molecule has 0 saturated carbocycles. The van der Waals surface area contributed by atoms with Crippen LogP contribution in [0, 0.1) is 0 Å². The van der Waals surface area contributed by atoms with Crippen LogP contribution in [-0.4, -0.2) is 21.7 Å². The van der Waals surface area contributed by atoms with E-state index in [0.29, 0.717) is 16.8 Å². The summed E-state index contributed by atoms with van der Waals surface area (Å²) in [6, 6.07) is 24.1. The summed E-state index contributed by atoms with van der Waals surface area (Å²) in [7, 11) is 0. The first kappa shape index (κ1) is 16.8. The van der Waals surface area contributed by atoms with Crippen molar-refractivity contribution in [2.75, 3.05) is 5.32 Å². The van der Waals surface area contributed by atoms with Gasteiger partial charge < -0.3 is 10.4 Å². The van der Waals surface area contributed by atoms with Crippen LogP contribution in [0.15, 0.2) is 84.0 Å². The molecule has 0 saturated heterocycles. The lowest BCUT2D eigenvalue weighted by Crippen LogP contribution is -2.40. The normalized spacial score (nSPS) is 16.6. The highest BCUT2D eigenvalue weighted by Crippen LogP contribution is 2.33. The summed E-state index contributed by atoms with van der Waals surface area (Å²) in [5, 5.41) is 19.5. The fourth-order valence-electron chi connectivity index (χ4n) is 3.20. The Bertz CT molecular complexity index is 1010. The van der Waals surface area contributed by atoms with Gasteiger partial charge in [-0.2, -0.15) is 5.10 Å². The summed E-state index contributed by atoms with van der Waals surface area (Å²) in [4.78, 5) is 13.2. The molecule has 2 N–H and O–H groups in total. The number of phenolic OH excluding ortho intramolecular Hbond substituents is 1. The predicted molar refractivity (Wildman–Crippen MR) is 106 cm³/mol. The number of rotatable bonds is 3. The Kier molecular flexibility index (Phi) is 4.34. The average molecular weight is 357 g/mol. The van der Waals surface area contributed by atoms with Crippen molar-refractivity contribution in [3.63, 3.8) is 0 Å². The highest BCUT2D eigenvalue weighted by atomic mass is 16.3. The lowest BCUT2D eigenvalue weighted by Gasteiger charge is -2.35. The second-order valence-electron chi connectivity index (χ2n) is 6.36. The van der Waals surface area contributed by atoms with Gasteiger partial charge in [0.1, 0.15) is 5.75 Å². The minimum Gasteiger partial charge on any atom is -0.507 e. The average Bonchev–Trinajstić information content (AvgIpc) is 2.71. The number of para-hydroxylation sites is 2. The van der Waals surface area contributed by atoms with Crippen LogP contribution in [0.1, 0.15) is 34.6 Å². The molecule has 1 atom stereocenters. The highest BCUT2D eigenvalue weighted by Gasteiger charge is 2.33. The number of aromatic hydroxyl groups is 1. The molecular weight excluding hydrogens is 338 g/mol. The first-order chi connectivity index (χ1) is 13.1. The Hall–Kier alpha value is -3.60. The molecule has 5 heteroatoms. The van der Waals surface area contributed by atoms with Gasteiger partial charge in [-0.25, -0.2) is 5.01 Å². The molecule has 3 aromatic rings. The number of hydrogen-bond donors (Lipinski definition) is 2. The lowest BCUT2D eigenvalue weighted by atomic mass is 10.0. The molecule has 0 aromatic heterocycles. The molecule has 27 heavy (non-hydrogen) atoms. The molecule has 5 nitrogen and oxygen atoms in total. The summed E-state index contributed by atoms with van der Waals surface area (Å²) in [5.41, 5.74) is 3.43. The van der Waals surface area contributed by atoms with Gasteiger partial charge in [-0.3, -0.25) is 4.79 Å². The van der Waals surface area contributed by atoms with E-state index in [1.807, 2.05) is 54.6 Å². The SMILES string of the molecule is C/C(=N\N1C(=O)c2ccccc2N[C@@H]1c1ccccc1)c1ccccc1O. The zero-order valence-electron chi connectivity index (χ0n) is 14.8. The van der Waals surface area contributed by atoms with Crippen LogP contribution in [-0.2, 0) is 0 Å². The predicted octanol–water partition coefficient (Wildman–Crippen LogP) is 4.38. The summed E-state index contributed by atoms with van der Waals surface area (Å²) >= 11 is 0. The first-order valence-corrected chi connectivity index (χ1v) is 8.73. The van der Waals surface area contributed by atoms with Gasteiger partial charge in [0.15, 0.2) is 6.17 Å². The van der Waals surface area contributed by atoms with Crippen LogP contribution < -0.4 is 5.32 Å². The molecule has 0 aliphatic carbocycles. The maximum Gasteiger partial charge on any atom is 0.278 e. The molecule has 0 radical (unpaired) electrons. The molecule has 0 spiro atoms. The number of anilines is 1.